The fourth-order valence-electron chi connectivity index (χ4n) is 2.94. The quantitative estimate of drug-likeness (QED) is 0.744. The third-order valence-corrected chi connectivity index (χ3v) is 4.01. The number of amides is 1. The van der Waals surface area contributed by atoms with E-state index in [4.69, 9.17) is 4.74 Å². The van der Waals surface area contributed by atoms with E-state index < -0.39 is 12.3 Å². The van der Waals surface area contributed by atoms with Crippen LogP contribution in [0.25, 0.3) is 11.1 Å². The molecule has 5 nitrogen and oxygen atoms in total. The van der Waals surface area contributed by atoms with Crippen LogP contribution in [0.4, 0.5) is 18.9 Å². The molecule has 1 aliphatic heterocycles. The van der Waals surface area contributed by atoms with E-state index in [1.165, 1.54) is 23.1 Å². The van der Waals surface area contributed by atoms with Gasteiger partial charge in [-0.2, -0.15) is 0 Å². The molecule has 1 heterocycles. The third-order valence-electron chi connectivity index (χ3n) is 4.01. The molecule has 0 radical (unpaired) electrons. The SMILES string of the molecule is CCOC(=O)CN1C(=O)Cc2cc(-c3cccc(OC(F)(F)F)c3)ccc21. The van der Waals surface area contributed by atoms with Gasteiger partial charge in [0.1, 0.15) is 12.3 Å². The zero-order chi connectivity index (χ0) is 19.6. The lowest BCUT2D eigenvalue weighted by atomic mass is 10.0. The monoisotopic (exact) mass is 379 g/mol. The smallest absolute Gasteiger partial charge is 0.465 e. The van der Waals surface area contributed by atoms with Crippen LogP contribution in [0, 0.1) is 0 Å². The van der Waals surface area contributed by atoms with Crippen LogP contribution in [0.15, 0.2) is 42.5 Å². The van der Waals surface area contributed by atoms with Crippen LogP contribution in [0.1, 0.15) is 12.5 Å². The number of nitrogens with zero attached hydrogens (tertiary/aromatic N) is 1. The van der Waals surface area contributed by atoms with Crippen LogP contribution in [0.5, 0.6) is 5.75 Å². The highest BCUT2D eigenvalue weighted by molar-refractivity contribution is 6.04. The Labute approximate surface area is 153 Å². The summed E-state index contributed by atoms with van der Waals surface area (Å²) in [6, 6.07) is 10.7. The van der Waals surface area contributed by atoms with E-state index in [-0.39, 0.29) is 31.2 Å². The first-order chi connectivity index (χ1) is 12.8. The molecule has 0 spiro atoms. The van der Waals surface area contributed by atoms with Gasteiger partial charge in [0.25, 0.3) is 0 Å². The minimum Gasteiger partial charge on any atom is -0.465 e. The lowest BCUT2D eigenvalue weighted by Gasteiger charge is -2.16. The number of alkyl halides is 3. The van der Waals surface area contributed by atoms with Crippen LogP contribution < -0.4 is 9.64 Å². The second-order valence-corrected chi connectivity index (χ2v) is 5.88. The zero-order valence-corrected chi connectivity index (χ0v) is 14.4. The number of carbonyl (C=O) groups excluding carboxylic acids is 2. The molecule has 0 bridgehead atoms. The molecule has 0 aliphatic carbocycles. The molecule has 1 amide bonds. The maximum absolute atomic E-state index is 12.4. The van der Waals surface area contributed by atoms with Crippen LogP contribution in [0.3, 0.4) is 0 Å². The molecule has 0 saturated heterocycles. The van der Waals surface area contributed by atoms with Crippen LogP contribution in [0.2, 0.25) is 0 Å². The third kappa shape index (κ3) is 4.39. The Morgan fingerprint density at radius 3 is 2.59 bits per heavy atom. The van der Waals surface area contributed by atoms with E-state index in [1.54, 1.807) is 31.2 Å². The maximum Gasteiger partial charge on any atom is 0.573 e. The van der Waals surface area contributed by atoms with Gasteiger partial charge in [0.05, 0.1) is 13.0 Å². The zero-order valence-electron chi connectivity index (χ0n) is 14.4. The molecule has 27 heavy (non-hydrogen) atoms. The summed E-state index contributed by atoms with van der Waals surface area (Å²) in [6.45, 7) is 1.73. The van der Waals surface area contributed by atoms with Gasteiger partial charge in [-0.1, -0.05) is 18.2 Å². The highest BCUT2D eigenvalue weighted by Gasteiger charge is 2.31. The normalized spacial score (nSPS) is 13.5. The molecule has 0 unspecified atom stereocenters. The Morgan fingerprint density at radius 2 is 1.89 bits per heavy atom. The Hall–Kier alpha value is -3.03. The Kier molecular flexibility index (Phi) is 5.07. The van der Waals surface area contributed by atoms with Crippen molar-refractivity contribution in [2.75, 3.05) is 18.1 Å². The number of esters is 1. The number of hydrogen-bond donors (Lipinski definition) is 0. The van der Waals surface area contributed by atoms with E-state index in [2.05, 4.69) is 4.74 Å². The van der Waals surface area contributed by atoms with E-state index in [9.17, 15) is 22.8 Å². The molecule has 2 aromatic carbocycles. The molecule has 1 aliphatic rings. The summed E-state index contributed by atoms with van der Waals surface area (Å²) in [5.74, 6) is -1.05. The van der Waals surface area contributed by atoms with Gasteiger partial charge in [-0.05, 0) is 47.9 Å². The van der Waals surface area contributed by atoms with Gasteiger partial charge >= 0.3 is 12.3 Å². The molecule has 0 fully saturated rings. The predicted molar refractivity (Wildman–Crippen MR) is 91.3 cm³/mol. The topological polar surface area (TPSA) is 55.8 Å². The average Bonchev–Trinajstić information content (AvgIpc) is 2.88. The number of fused-ring (bicyclic) bond motifs is 1. The van der Waals surface area contributed by atoms with Gasteiger partial charge < -0.3 is 14.4 Å². The number of benzene rings is 2. The Balaban J connectivity index is 1.85. The second kappa shape index (κ2) is 7.30. The number of anilines is 1. The molecule has 3 rings (SSSR count). The van der Waals surface area contributed by atoms with Crippen molar-refractivity contribution in [1.82, 2.24) is 0 Å². The summed E-state index contributed by atoms with van der Waals surface area (Å²) in [5.41, 5.74) is 2.46. The number of rotatable bonds is 5. The molecule has 8 heteroatoms. The number of carbonyl (C=O) groups is 2. The van der Waals surface area contributed by atoms with Gasteiger partial charge in [-0.25, -0.2) is 0 Å². The summed E-state index contributed by atoms with van der Waals surface area (Å²) < 4.78 is 46.0. The largest absolute Gasteiger partial charge is 0.573 e. The molecular weight excluding hydrogens is 363 g/mol. The standard InChI is InChI=1S/C19H16F3NO4/c1-2-26-18(25)11-23-16-7-6-13(8-14(16)10-17(23)24)12-4-3-5-15(9-12)27-19(20,21)22/h3-9H,2,10-11H2,1H3. The first kappa shape index (κ1) is 18.8. The highest BCUT2D eigenvalue weighted by atomic mass is 19.4. The fourth-order valence-corrected chi connectivity index (χ4v) is 2.94. The van der Waals surface area contributed by atoms with Gasteiger partial charge in [-0.15, -0.1) is 13.2 Å². The minimum absolute atomic E-state index is 0.112. The van der Waals surface area contributed by atoms with Crippen molar-refractivity contribution >= 4 is 17.6 Å². The van der Waals surface area contributed by atoms with Crippen molar-refractivity contribution in [1.29, 1.82) is 0 Å². The second-order valence-electron chi connectivity index (χ2n) is 5.88. The summed E-state index contributed by atoms with van der Waals surface area (Å²) in [6.07, 6.45) is -4.65. The van der Waals surface area contributed by atoms with Crippen molar-refractivity contribution in [2.45, 2.75) is 19.7 Å². The predicted octanol–water partition coefficient (Wildman–Crippen LogP) is 3.70. The van der Waals surface area contributed by atoms with Gasteiger partial charge in [0.15, 0.2) is 0 Å². The first-order valence-corrected chi connectivity index (χ1v) is 8.22. The molecule has 2 aromatic rings. The van der Waals surface area contributed by atoms with Crippen LogP contribution in [-0.2, 0) is 20.7 Å². The van der Waals surface area contributed by atoms with Gasteiger partial charge in [0, 0.05) is 5.69 Å². The van der Waals surface area contributed by atoms with E-state index in [1.807, 2.05) is 0 Å². The fraction of sp³-hybridized carbons (Fsp3) is 0.263. The summed E-state index contributed by atoms with van der Waals surface area (Å²) in [5, 5.41) is 0. The summed E-state index contributed by atoms with van der Waals surface area (Å²) in [7, 11) is 0. The number of ether oxygens (including phenoxy) is 2. The van der Waals surface area contributed by atoms with Crippen molar-refractivity contribution < 1.29 is 32.2 Å². The Bertz CT molecular complexity index is 879. The van der Waals surface area contributed by atoms with Gasteiger partial charge in [-0.3, -0.25) is 9.59 Å². The minimum atomic E-state index is -4.77. The van der Waals surface area contributed by atoms with E-state index in [0.29, 0.717) is 22.4 Å². The lowest BCUT2D eigenvalue weighted by molar-refractivity contribution is -0.274. The van der Waals surface area contributed by atoms with Crippen molar-refractivity contribution in [3.63, 3.8) is 0 Å². The lowest BCUT2D eigenvalue weighted by Crippen LogP contribution is -2.33. The first-order valence-electron chi connectivity index (χ1n) is 8.22. The molecule has 0 N–H and O–H groups in total. The summed E-state index contributed by atoms with van der Waals surface area (Å²) in [4.78, 5) is 25.2. The molecule has 0 atom stereocenters. The molecule has 142 valence electrons. The van der Waals surface area contributed by atoms with Crippen molar-refractivity contribution in [3.8, 4) is 16.9 Å². The maximum atomic E-state index is 12.4. The van der Waals surface area contributed by atoms with Crippen molar-refractivity contribution in [2.24, 2.45) is 0 Å². The molecule has 0 aromatic heterocycles. The van der Waals surface area contributed by atoms with E-state index >= 15 is 0 Å². The summed E-state index contributed by atoms with van der Waals surface area (Å²) >= 11 is 0. The molecule has 0 saturated carbocycles. The van der Waals surface area contributed by atoms with Crippen molar-refractivity contribution in [3.05, 3.63) is 48.0 Å². The highest BCUT2D eigenvalue weighted by Crippen LogP contribution is 2.34. The Morgan fingerprint density at radius 1 is 1.15 bits per heavy atom. The van der Waals surface area contributed by atoms with Crippen LogP contribution >= 0.6 is 0 Å². The number of halogens is 3. The van der Waals surface area contributed by atoms with Gasteiger partial charge in [0.2, 0.25) is 5.91 Å². The van der Waals surface area contributed by atoms with E-state index in [0.717, 1.165) is 0 Å². The average molecular weight is 379 g/mol. The molecular formula is C19H16F3NO4. The van der Waals surface area contributed by atoms with Crippen LogP contribution in [-0.4, -0.2) is 31.4 Å². The number of hydrogen-bond acceptors (Lipinski definition) is 4.